The smallest absolute Gasteiger partial charge is 0.148 e. The molecule has 0 aliphatic heterocycles. The van der Waals surface area contributed by atoms with E-state index in [9.17, 15) is 0 Å². The van der Waals surface area contributed by atoms with Gasteiger partial charge in [-0.2, -0.15) is 10.2 Å². The average Bonchev–Trinajstić information content (AvgIpc) is 2.94. The molecule has 0 saturated heterocycles. The molecule has 0 amide bonds. The topological polar surface area (TPSA) is 47.7 Å². The number of anilines is 1. The molecule has 5 nitrogen and oxygen atoms in total. The standard InChI is InChI=1S/C14H23N5/c1-5-18-10-13(8-16-18)7-15-14-6-12(4)19(17-14)9-11(2)3/h6,8,10-11H,5,7,9H2,1-4H3,(H,15,17). The highest BCUT2D eigenvalue weighted by Gasteiger charge is 2.06. The normalized spacial score (nSPS) is 11.2. The van der Waals surface area contributed by atoms with Gasteiger partial charge in [-0.05, 0) is 19.8 Å². The van der Waals surface area contributed by atoms with E-state index in [1.54, 1.807) is 0 Å². The number of nitrogens with zero attached hydrogens (tertiary/aromatic N) is 4. The van der Waals surface area contributed by atoms with E-state index in [1.165, 1.54) is 11.3 Å². The van der Waals surface area contributed by atoms with Crippen LogP contribution in [0.5, 0.6) is 0 Å². The number of hydrogen-bond donors (Lipinski definition) is 1. The van der Waals surface area contributed by atoms with Gasteiger partial charge in [0.05, 0.1) is 6.20 Å². The molecule has 0 spiro atoms. The zero-order valence-electron chi connectivity index (χ0n) is 12.2. The number of nitrogens with one attached hydrogen (secondary N) is 1. The van der Waals surface area contributed by atoms with Crippen LogP contribution in [0.2, 0.25) is 0 Å². The summed E-state index contributed by atoms with van der Waals surface area (Å²) in [5, 5.41) is 12.2. The molecule has 0 aliphatic rings. The van der Waals surface area contributed by atoms with Crippen molar-refractivity contribution in [1.29, 1.82) is 0 Å². The zero-order chi connectivity index (χ0) is 13.8. The minimum atomic E-state index is 0.606. The highest BCUT2D eigenvalue weighted by atomic mass is 15.3. The third-order valence-electron chi connectivity index (χ3n) is 3.00. The molecule has 0 atom stereocenters. The van der Waals surface area contributed by atoms with Crippen LogP contribution < -0.4 is 5.32 Å². The van der Waals surface area contributed by atoms with Gasteiger partial charge >= 0.3 is 0 Å². The first kappa shape index (κ1) is 13.6. The van der Waals surface area contributed by atoms with E-state index in [2.05, 4.69) is 60.2 Å². The third-order valence-corrected chi connectivity index (χ3v) is 3.00. The Morgan fingerprint density at radius 3 is 2.79 bits per heavy atom. The number of rotatable bonds is 6. The molecule has 2 aromatic heterocycles. The summed E-state index contributed by atoms with van der Waals surface area (Å²) in [4.78, 5) is 0. The molecule has 19 heavy (non-hydrogen) atoms. The Morgan fingerprint density at radius 1 is 1.37 bits per heavy atom. The van der Waals surface area contributed by atoms with Gasteiger partial charge in [-0.3, -0.25) is 9.36 Å². The highest BCUT2D eigenvalue weighted by molar-refractivity contribution is 5.36. The van der Waals surface area contributed by atoms with Crippen LogP contribution in [0.3, 0.4) is 0 Å². The minimum Gasteiger partial charge on any atom is -0.364 e. The van der Waals surface area contributed by atoms with Gasteiger partial charge in [-0.15, -0.1) is 0 Å². The molecular weight excluding hydrogens is 238 g/mol. The summed E-state index contributed by atoms with van der Waals surface area (Å²) in [5.74, 6) is 1.54. The first-order valence-electron chi connectivity index (χ1n) is 6.88. The van der Waals surface area contributed by atoms with E-state index in [-0.39, 0.29) is 0 Å². The maximum atomic E-state index is 4.57. The molecule has 0 aromatic carbocycles. The van der Waals surface area contributed by atoms with Gasteiger partial charge in [0.1, 0.15) is 5.82 Å². The lowest BCUT2D eigenvalue weighted by Gasteiger charge is -2.06. The van der Waals surface area contributed by atoms with Crippen molar-refractivity contribution >= 4 is 5.82 Å². The monoisotopic (exact) mass is 261 g/mol. The predicted molar refractivity (Wildman–Crippen MR) is 77.0 cm³/mol. The molecule has 0 aliphatic carbocycles. The Bertz CT molecular complexity index is 524. The first-order valence-corrected chi connectivity index (χ1v) is 6.88. The second-order valence-corrected chi connectivity index (χ2v) is 5.30. The third kappa shape index (κ3) is 3.59. The minimum absolute atomic E-state index is 0.606. The van der Waals surface area contributed by atoms with E-state index in [0.717, 1.165) is 25.5 Å². The van der Waals surface area contributed by atoms with Crippen molar-refractivity contribution in [3.63, 3.8) is 0 Å². The van der Waals surface area contributed by atoms with Crippen molar-refractivity contribution in [2.75, 3.05) is 5.32 Å². The van der Waals surface area contributed by atoms with Crippen LogP contribution in [0.1, 0.15) is 32.0 Å². The van der Waals surface area contributed by atoms with E-state index < -0.39 is 0 Å². The lowest BCUT2D eigenvalue weighted by atomic mass is 10.2. The second kappa shape index (κ2) is 5.91. The van der Waals surface area contributed by atoms with Gasteiger partial charge in [-0.25, -0.2) is 0 Å². The van der Waals surface area contributed by atoms with Gasteiger partial charge in [-0.1, -0.05) is 13.8 Å². The van der Waals surface area contributed by atoms with E-state index >= 15 is 0 Å². The Kier molecular flexibility index (Phi) is 4.24. The summed E-state index contributed by atoms with van der Waals surface area (Å²) in [7, 11) is 0. The van der Waals surface area contributed by atoms with E-state index in [0.29, 0.717) is 5.92 Å². The van der Waals surface area contributed by atoms with Crippen molar-refractivity contribution in [2.24, 2.45) is 5.92 Å². The van der Waals surface area contributed by atoms with Gasteiger partial charge in [0.15, 0.2) is 0 Å². The van der Waals surface area contributed by atoms with Gasteiger partial charge in [0, 0.05) is 43.2 Å². The van der Waals surface area contributed by atoms with Crippen LogP contribution in [0.25, 0.3) is 0 Å². The lowest BCUT2D eigenvalue weighted by Crippen LogP contribution is -2.08. The predicted octanol–water partition coefficient (Wildman–Crippen LogP) is 2.68. The molecule has 0 radical (unpaired) electrons. The Hall–Kier alpha value is -1.78. The summed E-state index contributed by atoms with van der Waals surface area (Å²) in [6.07, 6.45) is 3.96. The van der Waals surface area contributed by atoms with Crippen LogP contribution in [-0.4, -0.2) is 19.6 Å². The number of aromatic nitrogens is 4. The van der Waals surface area contributed by atoms with Crippen LogP contribution in [0.4, 0.5) is 5.82 Å². The summed E-state index contributed by atoms with van der Waals surface area (Å²) in [6, 6.07) is 2.09. The molecule has 5 heteroatoms. The van der Waals surface area contributed by atoms with Crippen molar-refractivity contribution in [2.45, 2.75) is 47.3 Å². The highest BCUT2D eigenvalue weighted by Crippen LogP contribution is 2.12. The van der Waals surface area contributed by atoms with E-state index in [4.69, 9.17) is 0 Å². The molecule has 2 rings (SSSR count). The van der Waals surface area contributed by atoms with Crippen LogP contribution >= 0.6 is 0 Å². The van der Waals surface area contributed by atoms with Gasteiger partial charge < -0.3 is 5.32 Å². The van der Waals surface area contributed by atoms with Gasteiger partial charge in [0.2, 0.25) is 0 Å². The summed E-state index contributed by atoms with van der Waals surface area (Å²) in [6.45, 7) is 11.2. The average molecular weight is 261 g/mol. The molecule has 0 fully saturated rings. The second-order valence-electron chi connectivity index (χ2n) is 5.30. The fraction of sp³-hybridized carbons (Fsp3) is 0.571. The van der Waals surface area contributed by atoms with Crippen LogP contribution in [0, 0.1) is 12.8 Å². The fourth-order valence-electron chi connectivity index (χ4n) is 1.99. The fourth-order valence-corrected chi connectivity index (χ4v) is 1.99. The molecule has 0 saturated carbocycles. The van der Waals surface area contributed by atoms with Crippen LogP contribution in [-0.2, 0) is 19.6 Å². The molecule has 104 valence electrons. The zero-order valence-corrected chi connectivity index (χ0v) is 12.2. The molecule has 0 bridgehead atoms. The summed E-state index contributed by atoms with van der Waals surface area (Å²) < 4.78 is 3.99. The van der Waals surface area contributed by atoms with Crippen LogP contribution in [0.15, 0.2) is 18.5 Å². The largest absolute Gasteiger partial charge is 0.364 e. The quantitative estimate of drug-likeness (QED) is 0.869. The maximum Gasteiger partial charge on any atom is 0.148 e. The molecule has 2 heterocycles. The maximum absolute atomic E-state index is 4.57. The molecule has 2 aromatic rings. The Balaban J connectivity index is 1.95. The van der Waals surface area contributed by atoms with Crippen molar-refractivity contribution in [3.8, 4) is 0 Å². The Morgan fingerprint density at radius 2 is 2.16 bits per heavy atom. The SMILES string of the molecule is CCn1cc(CNc2cc(C)n(CC(C)C)n2)cn1. The van der Waals surface area contributed by atoms with Crippen molar-refractivity contribution in [3.05, 3.63) is 29.7 Å². The number of aryl methyl sites for hydroxylation is 2. The number of hydrogen-bond acceptors (Lipinski definition) is 3. The molecule has 1 N–H and O–H groups in total. The summed E-state index contributed by atoms with van der Waals surface area (Å²) in [5.41, 5.74) is 2.37. The van der Waals surface area contributed by atoms with E-state index in [1.807, 2.05) is 10.9 Å². The first-order chi connectivity index (χ1) is 9.08. The lowest BCUT2D eigenvalue weighted by molar-refractivity contribution is 0.475. The Labute approximate surface area is 114 Å². The van der Waals surface area contributed by atoms with Crippen molar-refractivity contribution in [1.82, 2.24) is 19.6 Å². The summed E-state index contributed by atoms with van der Waals surface area (Å²) >= 11 is 0. The van der Waals surface area contributed by atoms with Crippen molar-refractivity contribution < 1.29 is 0 Å². The van der Waals surface area contributed by atoms with Gasteiger partial charge in [0.25, 0.3) is 0 Å². The molecule has 0 unspecified atom stereocenters. The molecular formula is C14H23N5.